The molecule has 1 aliphatic rings. The molecule has 0 heterocycles. The van der Waals surface area contributed by atoms with Gasteiger partial charge in [0.1, 0.15) is 6.04 Å². The molecule has 82 valence electrons. The second-order valence-corrected chi connectivity index (χ2v) is 5.02. The lowest BCUT2D eigenvalue weighted by atomic mass is 10.3. The molecule has 0 aromatic heterocycles. The Hall–Kier alpha value is -0.220. The highest BCUT2D eigenvalue weighted by atomic mass is 32.2. The molecule has 1 rings (SSSR count). The van der Waals surface area contributed by atoms with E-state index in [-0.39, 0.29) is 6.04 Å². The maximum Gasteiger partial charge on any atom is 0.321 e. The maximum absolute atomic E-state index is 10.8. The summed E-state index contributed by atoms with van der Waals surface area (Å²) in [5.41, 5.74) is 0. The van der Waals surface area contributed by atoms with Crippen molar-refractivity contribution in [1.29, 1.82) is 0 Å². The average molecular weight is 217 g/mol. The summed E-state index contributed by atoms with van der Waals surface area (Å²) < 4.78 is 0. The molecule has 0 bridgehead atoms. The summed E-state index contributed by atoms with van der Waals surface area (Å²) >= 11 is 1.82. The van der Waals surface area contributed by atoms with Crippen molar-refractivity contribution >= 4 is 17.7 Å². The van der Waals surface area contributed by atoms with Crippen molar-refractivity contribution in [2.45, 2.75) is 43.9 Å². The largest absolute Gasteiger partial charge is 0.480 e. The van der Waals surface area contributed by atoms with Crippen LogP contribution in [0.15, 0.2) is 0 Å². The minimum Gasteiger partial charge on any atom is -0.480 e. The summed E-state index contributed by atoms with van der Waals surface area (Å²) in [6.07, 6.45) is 5.17. The van der Waals surface area contributed by atoms with Crippen molar-refractivity contribution < 1.29 is 9.90 Å². The summed E-state index contributed by atoms with van der Waals surface area (Å²) in [5, 5.41) is 12.6. The average Bonchev–Trinajstić information content (AvgIpc) is 2.64. The molecular weight excluding hydrogens is 198 g/mol. The van der Waals surface area contributed by atoms with E-state index >= 15 is 0 Å². The van der Waals surface area contributed by atoms with Crippen LogP contribution < -0.4 is 5.32 Å². The topological polar surface area (TPSA) is 49.3 Å². The number of carbonyl (C=O) groups is 1. The van der Waals surface area contributed by atoms with Crippen LogP contribution in [0, 0.1) is 0 Å². The first-order valence-electron chi connectivity index (χ1n) is 5.31. The first kappa shape index (κ1) is 11.9. The number of hydrogen-bond donors (Lipinski definition) is 2. The van der Waals surface area contributed by atoms with Gasteiger partial charge in [-0.15, -0.1) is 0 Å². The van der Waals surface area contributed by atoms with Gasteiger partial charge < -0.3 is 10.4 Å². The zero-order valence-electron chi connectivity index (χ0n) is 8.66. The number of thioether (sulfide) groups is 1. The van der Waals surface area contributed by atoms with Crippen LogP contribution in [0.5, 0.6) is 0 Å². The van der Waals surface area contributed by atoms with Crippen molar-refractivity contribution in [3.05, 3.63) is 0 Å². The number of carboxylic acids is 1. The molecule has 2 N–H and O–H groups in total. The molecule has 1 saturated carbocycles. The third-order valence-electron chi connectivity index (χ3n) is 2.55. The monoisotopic (exact) mass is 217 g/mol. The molecule has 0 radical (unpaired) electrons. The zero-order valence-corrected chi connectivity index (χ0v) is 9.48. The normalized spacial score (nSPS) is 19.8. The summed E-state index contributed by atoms with van der Waals surface area (Å²) in [6.45, 7) is 2.67. The van der Waals surface area contributed by atoms with Gasteiger partial charge in [0, 0.05) is 11.0 Å². The number of rotatable bonds is 6. The Morgan fingerprint density at radius 3 is 2.71 bits per heavy atom. The van der Waals surface area contributed by atoms with Gasteiger partial charge in [-0.25, -0.2) is 0 Å². The smallest absolute Gasteiger partial charge is 0.321 e. The third kappa shape index (κ3) is 3.88. The molecule has 0 aromatic carbocycles. The molecule has 1 aliphatic carbocycles. The van der Waals surface area contributed by atoms with Crippen LogP contribution in [0.3, 0.4) is 0 Å². The molecule has 14 heavy (non-hydrogen) atoms. The van der Waals surface area contributed by atoms with Gasteiger partial charge in [-0.2, -0.15) is 11.8 Å². The first-order valence-corrected chi connectivity index (χ1v) is 6.36. The first-order chi connectivity index (χ1) is 6.74. The molecule has 0 amide bonds. The molecule has 1 atom stereocenters. The fourth-order valence-electron chi connectivity index (χ4n) is 1.75. The number of hydrogen-bond acceptors (Lipinski definition) is 3. The van der Waals surface area contributed by atoms with E-state index in [4.69, 9.17) is 5.11 Å². The zero-order chi connectivity index (χ0) is 10.4. The summed E-state index contributed by atoms with van der Waals surface area (Å²) in [5.74, 6) is -0.0225. The van der Waals surface area contributed by atoms with Gasteiger partial charge in [0.05, 0.1) is 0 Å². The van der Waals surface area contributed by atoms with Gasteiger partial charge in [-0.3, -0.25) is 4.79 Å². The lowest BCUT2D eigenvalue weighted by Gasteiger charge is -2.15. The van der Waals surface area contributed by atoms with Gasteiger partial charge in [-0.1, -0.05) is 19.8 Å². The Kier molecular flexibility index (Phi) is 5.33. The van der Waals surface area contributed by atoms with Gasteiger partial charge >= 0.3 is 5.97 Å². The minimum atomic E-state index is -0.725. The van der Waals surface area contributed by atoms with Crippen LogP contribution in [0.25, 0.3) is 0 Å². The van der Waals surface area contributed by atoms with E-state index in [1.807, 2.05) is 18.7 Å². The molecular formula is C10H19NO2S. The highest BCUT2D eigenvalue weighted by molar-refractivity contribution is 8.00. The van der Waals surface area contributed by atoms with Crippen LogP contribution in [0.4, 0.5) is 0 Å². The van der Waals surface area contributed by atoms with E-state index in [9.17, 15) is 4.79 Å². The standard InChI is InChI=1S/C10H19NO2S/c1-2-11-9(10(12)13)7-14-8-5-3-4-6-8/h8-9,11H,2-7H2,1H3,(H,12,13). The Morgan fingerprint density at radius 2 is 2.21 bits per heavy atom. The third-order valence-corrected chi connectivity index (χ3v) is 4.02. The van der Waals surface area contributed by atoms with Crippen molar-refractivity contribution in [3.63, 3.8) is 0 Å². The Balaban J connectivity index is 2.21. The van der Waals surface area contributed by atoms with E-state index in [1.54, 1.807) is 0 Å². The Bertz CT molecular complexity index is 181. The lowest BCUT2D eigenvalue weighted by molar-refractivity contribution is -0.138. The number of aliphatic carboxylic acids is 1. The van der Waals surface area contributed by atoms with Crippen LogP contribution in [0.2, 0.25) is 0 Å². The summed E-state index contributed by atoms with van der Waals surface area (Å²) in [4.78, 5) is 10.8. The number of nitrogens with one attached hydrogen (secondary N) is 1. The van der Waals surface area contributed by atoms with Crippen LogP contribution >= 0.6 is 11.8 Å². The second-order valence-electron chi connectivity index (χ2n) is 3.69. The Morgan fingerprint density at radius 1 is 1.57 bits per heavy atom. The Labute approximate surface area is 89.6 Å². The quantitative estimate of drug-likeness (QED) is 0.711. The molecule has 0 saturated heterocycles. The number of carboxylic acid groups (broad SMARTS) is 1. The predicted octanol–water partition coefficient (Wildman–Crippen LogP) is 1.72. The van der Waals surface area contributed by atoms with Crippen LogP contribution in [-0.4, -0.2) is 34.7 Å². The summed E-state index contributed by atoms with van der Waals surface area (Å²) in [7, 11) is 0. The molecule has 0 spiro atoms. The van der Waals surface area contributed by atoms with Gasteiger partial charge in [-0.05, 0) is 19.4 Å². The number of likely N-dealkylation sites (N-methyl/N-ethyl adjacent to an activating group) is 1. The van der Waals surface area contributed by atoms with Crippen LogP contribution in [0.1, 0.15) is 32.6 Å². The molecule has 4 heteroatoms. The van der Waals surface area contributed by atoms with Crippen molar-refractivity contribution in [3.8, 4) is 0 Å². The molecule has 0 aliphatic heterocycles. The van der Waals surface area contributed by atoms with E-state index in [1.165, 1.54) is 25.7 Å². The highest BCUT2D eigenvalue weighted by Gasteiger charge is 2.20. The fourth-order valence-corrected chi connectivity index (χ4v) is 3.14. The van der Waals surface area contributed by atoms with E-state index in [2.05, 4.69) is 5.32 Å². The van der Waals surface area contributed by atoms with Gasteiger partial charge in [0.25, 0.3) is 0 Å². The second kappa shape index (κ2) is 6.30. The van der Waals surface area contributed by atoms with Gasteiger partial charge in [0.15, 0.2) is 0 Å². The molecule has 3 nitrogen and oxygen atoms in total. The lowest BCUT2D eigenvalue weighted by Crippen LogP contribution is -2.38. The summed E-state index contributed by atoms with van der Waals surface area (Å²) in [6, 6.07) is -0.370. The minimum absolute atomic E-state index is 0.370. The van der Waals surface area contributed by atoms with Crippen molar-refractivity contribution in [2.75, 3.05) is 12.3 Å². The maximum atomic E-state index is 10.8. The molecule has 1 fully saturated rings. The van der Waals surface area contributed by atoms with E-state index in [0.29, 0.717) is 11.0 Å². The molecule has 0 aromatic rings. The van der Waals surface area contributed by atoms with Crippen molar-refractivity contribution in [1.82, 2.24) is 5.32 Å². The highest BCUT2D eigenvalue weighted by Crippen LogP contribution is 2.29. The molecule has 1 unspecified atom stereocenters. The van der Waals surface area contributed by atoms with Gasteiger partial charge in [0.2, 0.25) is 0 Å². The van der Waals surface area contributed by atoms with Crippen molar-refractivity contribution in [2.24, 2.45) is 0 Å². The van der Waals surface area contributed by atoms with E-state index in [0.717, 1.165) is 6.54 Å². The predicted molar refractivity (Wildman–Crippen MR) is 59.8 cm³/mol. The van der Waals surface area contributed by atoms with E-state index < -0.39 is 5.97 Å². The SMILES string of the molecule is CCNC(CSC1CCCC1)C(=O)O. The fraction of sp³-hybridized carbons (Fsp3) is 0.900. The van der Waals surface area contributed by atoms with Crippen LogP contribution in [-0.2, 0) is 4.79 Å².